The molecule has 0 saturated heterocycles. The molecule has 3 unspecified atom stereocenters. The van der Waals surface area contributed by atoms with Crippen LogP contribution in [-0.2, 0) is 0 Å². The van der Waals surface area contributed by atoms with E-state index in [1.54, 1.807) is 0 Å². The zero-order chi connectivity index (χ0) is 10.5. The van der Waals surface area contributed by atoms with Gasteiger partial charge in [-0.25, -0.2) is 4.68 Å². The molecular weight excluding hydrogens is 198 g/mol. The Morgan fingerprint density at radius 2 is 2.06 bits per heavy atom. The van der Waals surface area contributed by atoms with E-state index in [1.807, 2.05) is 12.1 Å². The molecule has 2 aliphatic carbocycles. The molecule has 2 fully saturated rings. The number of rotatable bonds is 1. The molecule has 0 N–H and O–H groups in total. The normalized spacial score (nSPS) is 32.6. The molecule has 0 amide bonds. The number of para-hydroxylation sites is 1. The van der Waals surface area contributed by atoms with Crippen LogP contribution in [0, 0.1) is 11.8 Å². The highest BCUT2D eigenvalue weighted by molar-refractivity contribution is 5.74. The van der Waals surface area contributed by atoms with E-state index in [2.05, 4.69) is 27.1 Å². The second-order valence-corrected chi connectivity index (χ2v) is 5.26. The van der Waals surface area contributed by atoms with Crippen LogP contribution in [-0.4, -0.2) is 15.0 Å². The van der Waals surface area contributed by atoms with E-state index >= 15 is 0 Å². The van der Waals surface area contributed by atoms with Gasteiger partial charge in [-0.1, -0.05) is 23.8 Å². The maximum absolute atomic E-state index is 4.36. The molecule has 16 heavy (non-hydrogen) atoms. The van der Waals surface area contributed by atoms with Gasteiger partial charge in [0.1, 0.15) is 5.52 Å². The van der Waals surface area contributed by atoms with Gasteiger partial charge in [0, 0.05) is 0 Å². The van der Waals surface area contributed by atoms with Crippen LogP contribution in [0.25, 0.3) is 11.0 Å². The van der Waals surface area contributed by atoms with Gasteiger partial charge in [-0.05, 0) is 43.2 Å². The molecule has 82 valence electrons. The molecule has 1 heterocycles. The van der Waals surface area contributed by atoms with E-state index in [0.717, 1.165) is 17.4 Å². The van der Waals surface area contributed by atoms with Gasteiger partial charge in [0.25, 0.3) is 0 Å². The van der Waals surface area contributed by atoms with Gasteiger partial charge in [0.15, 0.2) is 0 Å². The largest absolute Gasteiger partial charge is 0.241 e. The summed E-state index contributed by atoms with van der Waals surface area (Å²) in [5, 5.41) is 8.62. The van der Waals surface area contributed by atoms with Crippen LogP contribution in [0.3, 0.4) is 0 Å². The van der Waals surface area contributed by atoms with Crippen LogP contribution in [0.2, 0.25) is 0 Å². The molecule has 1 aromatic heterocycles. The first-order chi connectivity index (χ1) is 7.92. The minimum absolute atomic E-state index is 0.617. The molecule has 2 bridgehead atoms. The summed E-state index contributed by atoms with van der Waals surface area (Å²) >= 11 is 0. The zero-order valence-electron chi connectivity index (χ0n) is 9.21. The Morgan fingerprint density at radius 3 is 2.88 bits per heavy atom. The first-order valence-corrected chi connectivity index (χ1v) is 6.22. The average Bonchev–Trinajstić information content (AvgIpc) is 3.03. The lowest BCUT2D eigenvalue weighted by molar-refractivity contribution is 0.309. The van der Waals surface area contributed by atoms with Crippen molar-refractivity contribution in [2.24, 2.45) is 11.8 Å². The highest BCUT2D eigenvalue weighted by atomic mass is 15.4. The van der Waals surface area contributed by atoms with E-state index in [-0.39, 0.29) is 0 Å². The predicted molar refractivity (Wildman–Crippen MR) is 62.0 cm³/mol. The van der Waals surface area contributed by atoms with Crippen molar-refractivity contribution in [2.45, 2.75) is 31.7 Å². The van der Waals surface area contributed by atoms with E-state index in [9.17, 15) is 0 Å². The second-order valence-electron chi connectivity index (χ2n) is 5.26. The van der Waals surface area contributed by atoms with Crippen LogP contribution in [0.15, 0.2) is 24.3 Å². The molecule has 3 atom stereocenters. The molecule has 0 radical (unpaired) electrons. The Labute approximate surface area is 94.5 Å². The average molecular weight is 213 g/mol. The maximum atomic E-state index is 4.36. The fraction of sp³-hybridized carbons (Fsp3) is 0.538. The van der Waals surface area contributed by atoms with Gasteiger partial charge in [0.2, 0.25) is 0 Å². The van der Waals surface area contributed by atoms with Crippen molar-refractivity contribution in [2.75, 3.05) is 0 Å². The monoisotopic (exact) mass is 213 g/mol. The van der Waals surface area contributed by atoms with Crippen LogP contribution < -0.4 is 0 Å². The Hall–Kier alpha value is -1.38. The lowest BCUT2D eigenvalue weighted by Crippen LogP contribution is -2.17. The molecule has 3 nitrogen and oxygen atoms in total. The predicted octanol–water partition coefficient (Wildman–Crippen LogP) is 2.79. The summed E-state index contributed by atoms with van der Waals surface area (Å²) < 4.78 is 2.18. The molecule has 2 saturated carbocycles. The Bertz CT molecular complexity index is 531. The quantitative estimate of drug-likeness (QED) is 0.729. The number of fused-ring (bicyclic) bond motifs is 3. The number of hydrogen-bond donors (Lipinski definition) is 0. The lowest BCUT2D eigenvalue weighted by Gasteiger charge is -2.21. The molecule has 2 aromatic rings. The summed E-state index contributed by atoms with van der Waals surface area (Å²) in [7, 11) is 0. The smallest absolute Gasteiger partial charge is 0.113 e. The van der Waals surface area contributed by atoms with Gasteiger partial charge in [-0.15, -0.1) is 5.10 Å². The highest BCUT2D eigenvalue weighted by Crippen LogP contribution is 2.50. The Morgan fingerprint density at radius 1 is 1.12 bits per heavy atom. The van der Waals surface area contributed by atoms with E-state index in [1.165, 1.54) is 31.2 Å². The number of benzene rings is 1. The molecule has 2 aliphatic rings. The summed E-state index contributed by atoms with van der Waals surface area (Å²) in [6.07, 6.45) is 5.56. The first kappa shape index (κ1) is 8.74. The van der Waals surface area contributed by atoms with Gasteiger partial charge in [-0.3, -0.25) is 0 Å². The van der Waals surface area contributed by atoms with Gasteiger partial charge in [0.05, 0.1) is 11.6 Å². The minimum Gasteiger partial charge on any atom is -0.241 e. The molecule has 0 aliphatic heterocycles. The molecule has 4 rings (SSSR count). The third kappa shape index (κ3) is 1.09. The SMILES string of the molecule is c1ccc2c(c1)nnn2C1CC2CCC1C2. The Kier molecular flexibility index (Phi) is 1.67. The summed E-state index contributed by atoms with van der Waals surface area (Å²) in [5.41, 5.74) is 2.24. The minimum atomic E-state index is 0.617. The van der Waals surface area contributed by atoms with Crippen molar-refractivity contribution in [3.8, 4) is 0 Å². The van der Waals surface area contributed by atoms with Crippen molar-refractivity contribution in [3.05, 3.63) is 24.3 Å². The number of hydrogen-bond acceptors (Lipinski definition) is 2. The van der Waals surface area contributed by atoms with Crippen molar-refractivity contribution in [1.29, 1.82) is 0 Å². The van der Waals surface area contributed by atoms with Crippen molar-refractivity contribution < 1.29 is 0 Å². The van der Waals surface area contributed by atoms with Crippen molar-refractivity contribution in [3.63, 3.8) is 0 Å². The van der Waals surface area contributed by atoms with Gasteiger partial charge >= 0.3 is 0 Å². The van der Waals surface area contributed by atoms with Gasteiger partial charge in [-0.2, -0.15) is 0 Å². The number of aromatic nitrogens is 3. The fourth-order valence-corrected chi connectivity index (χ4v) is 3.64. The molecular formula is C13H15N3. The third-order valence-electron chi connectivity index (χ3n) is 4.39. The topological polar surface area (TPSA) is 30.7 Å². The van der Waals surface area contributed by atoms with Crippen LogP contribution >= 0.6 is 0 Å². The zero-order valence-corrected chi connectivity index (χ0v) is 9.21. The standard InChI is InChI=1S/C13H15N3/c1-2-4-12-11(3-1)14-15-16(12)13-8-9-5-6-10(13)7-9/h1-4,9-10,13H,5-8H2. The van der Waals surface area contributed by atoms with Crippen molar-refractivity contribution in [1.82, 2.24) is 15.0 Å². The van der Waals surface area contributed by atoms with Crippen molar-refractivity contribution >= 4 is 11.0 Å². The summed E-state index contributed by atoms with van der Waals surface area (Å²) in [5.74, 6) is 1.81. The van der Waals surface area contributed by atoms with E-state index in [0.29, 0.717) is 6.04 Å². The first-order valence-electron chi connectivity index (χ1n) is 6.22. The fourth-order valence-electron chi connectivity index (χ4n) is 3.64. The van der Waals surface area contributed by atoms with E-state index in [4.69, 9.17) is 0 Å². The molecule has 1 aromatic carbocycles. The molecule has 0 spiro atoms. The molecule has 3 heteroatoms. The summed E-state index contributed by atoms with van der Waals surface area (Å²) in [6, 6.07) is 8.91. The van der Waals surface area contributed by atoms with E-state index < -0.39 is 0 Å². The van der Waals surface area contributed by atoms with Gasteiger partial charge < -0.3 is 0 Å². The van der Waals surface area contributed by atoms with Crippen LogP contribution in [0.5, 0.6) is 0 Å². The lowest BCUT2D eigenvalue weighted by atomic mass is 9.95. The highest BCUT2D eigenvalue weighted by Gasteiger charge is 2.41. The Balaban J connectivity index is 1.82. The third-order valence-corrected chi connectivity index (χ3v) is 4.39. The summed E-state index contributed by atoms with van der Waals surface area (Å²) in [6.45, 7) is 0. The maximum Gasteiger partial charge on any atom is 0.113 e. The van der Waals surface area contributed by atoms with Crippen LogP contribution in [0.1, 0.15) is 31.7 Å². The van der Waals surface area contributed by atoms with Crippen LogP contribution in [0.4, 0.5) is 0 Å². The number of nitrogens with zero attached hydrogens (tertiary/aromatic N) is 3. The summed E-state index contributed by atoms with van der Waals surface area (Å²) in [4.78, 5) is 0. The second kappa shape index (κ2) is 3.06.